The first kappa shape index (κ1) is 20.5. The molecule has 0 saturated heterocycles. The van der Waals surface area contributed by atoms with E-state index < -0.39 is 12.0 Å². The van der Waals surface area contributed by atoms with Crippen molar-refractivity contribution in [2.45, 2.75) is 33.7 Å². The van der Waals surface area contributed by atoms with Gasteiger partial charge < -0.3 is 4.74 Å². The number of thiophene rings is 1. The fraction of sp³-hybridized carbons (Fsp3) is 0.333. The molecule has 4 rings (SSSR count). The molecule has 0 spiro atoms. The molecule has 3 aromatic heterocycles. The highest BCUT2D eigenvalue weighted by Gasteiger charge is 2.33. The van der Waals surface area contributed by atoms with Crippen molar-refractivity contribution >= 4 is 34.7 Å². The standard InChI is InChI=1S/C21H22N4O3S2/c1-6-28-20(27)17-12(3)22-21-25(18(17)15-8-7-9-29-15)19(26)16(30-21)10-14-11(2)23-24(5)13(14)4/h7-10,18H,6H2,1-5H3/b16-10+/t18-/m0/s1. The van der Waals surface area contributed by atoms with Gasteiger partial charge in [0.15, 0.2) is 4.80 Å². The van der Waals surface area contributed by atoms with Crippen molar-refractivity contribution < 1.29 is 9.53 Å². The van der Waals surface area contributed by atoms with Gasteiger partial charge in [-0.25, -0.2) is 9.79 Å². The summed E-state index contributed by atoms with van der Waals surface area (Å²) in [5, 5.41) is 6.37. The molecule has 1 atom stereocenters. The summed E-state index contributed by atoms with van der Waals surface area (Å²) >= 11 is 2.83. The molecule has 9 heteroatoms. The summed E-state index contributed by atoms with van der Waals surface area (Å²) in [5.41, 5.74) is 3.59. The van der Waals surface area contributed by atoms with Gasteiger partial charge in [-0.3, -0.25) is 14.0 Å². The molecule has 0 amide bonds. The number of aromatic nitrogens is 3. The molecule has 0 N–H and O–H groups in total. The number of hydrogen-bond donors (Lipinski definition) is 0. The Bertz CT molecular complexity index is 1340. The number of hydrogen-bond acceptors (Lipinski definition) is 7. The van der Waals surface area contributed by atoms with Gasteiger partial charge in [0, 0.05) is 23.2 Å². The van der Waals surface area contributed by atoms with E-state index in [1.54, 1.807) is 23.1 Å². The first-order valence-electron chi connectivity index (χ1n) is 9.56. The average Bonchev–Trinajstić information content (AvgIpc) is 3.38. The van der Waals surface area contributed by atoms with Gasteiger partial charge in [0.05, 0.1) is 28.1 Å². The summed E-state index contributed by atoms with van der Waals surface area (Å²) < 4.78 is 9.27. The quantitative estimate of drug-likeness (QED) is 0.581. The second-order valence-corrected chi connectivity index (χ2v) is 9.01. The van der Waals surface area contributed by atoms with Crippen LogP contribution in [0.15, 0.2) is 38.6 Å². The first-order valence-corrected chi connectivity index (χ1v) is 11.3. The van der Waals surface area contributed by atoms with Gasteiger partial charge in [0.25, 0.3) is 5.56 Å². The minimum absolute atomic E-state index is 0.172. The lowest BCUT2D eigenvalue weighted by molar-refractivity contribution is -0.139. The fourth-order valence-electron chi connectivity index (χ4n) is 3.64. The number of thiazole rings is 1. The molecule has 1 aliphatic rings. The number of fused-ring (bicyclic) bond motifs is 1. The maximum atomic E-state index is 13.5. The third-order valence-electron chi connectivity index (χ3n) is 5.17. The molecule has 0 unspecified atom stereocenters. The zero-order valence-electron chi connectivity index (χ0n) is 17.4. The van der Waals surface area contributed by atoms with Crippen molar-refractivity contribution in [2.75, 3.05) is 6.61 Å². The average molecular weight is 443 g/mol. The Kier molecular flexibility index (Phi) is 5.33. The lowest BCUT2D eigenvalue weighted by Gasteiger charge is -2.23. The number of rotatable bonds is 4. The van der Waals surface area contributed by atoms with Gasteiger partial charge in [-0.2, -0.15) is 5.10 Å². The maximum absolute atomic E-state index is 13.5. The van der Waals surface area contributed by atoms with Crippen LogP contribution in [0.5, 0.6) is 0 Å². The highest BCUT2D eigenvalue weighted by Crippen LogP contribution is 2.33. The molecule has 0 bridgehead atoms. The van der Waals surface area contributed by atoms with E-state index >= 15 is 0 Å². The van der Waals surface area contributed by atoms with Crippen molar-refractivity contribution in [3.8, 4) is 0 Å². The van der Waals surface area contributed by atoms with Gasteiger partial charge in [0.1, 0.15) is 6.04 Å². The van der Waals surface area contributed by atoms with Crippen LogP contribution in [0.3, 0.4) is 0 Å². The highest BCUT2D eigenvalue weighted by molar-refractivity contribution is 7.10. The van der Waals surface area contributed by atoms with Crippen LogP contribution in [0.2, 0.25) is 0 Å². The summed E-state index contributed by atoms with van der Waals surface area (Å²) in [4.78, 5) is 32.3. The summed E-state index contributed by atoms with van der Waals surface area (Å²) in [6, 6.07) is 3.30. The van der Waals surface area contributed by atoms with Crippen molar-refractivity contribution in [3.63, 3.8) is 0 Å². The van der Waals surface area contributed by atoms with Crippen molar-refractivity contribution in [1.82, 2.24) is 14.3 Å². The van der Waals surface area contributed by atoms with Crippen LogP contribution in [-0.4, -0.2) is 26.9 Å². The minimum Gasteiger partial charge on any atom is -0.463 e. The Morgan fingerprint density at radius 2 is 2.10 bits per heavy atom. The van der Waals surface area contributed by atoms with E-state index in [0.29, 0.717) is 20.6 Å². The van der Waals surface area contributed by atoms with E-state index in [0.717, 1.165) is 21.8 Å². The largest absolute Gasteiger partial charge is 0.463 e. The fourth-order valence-corrected chi connectivity index (χ4v) is 5.49. The molecule has 4 heterocycles. The normalized spacial score (nSPS) is 16.6. The third kappa shape index (κ3) is 3.27. The summed E-state index contributed by atoms with van der Waals surface area (Å²) in [6.45, 7) is 7.71. The van der Waals surface area contributed by atoms with Crippen LogP contribution in [0.25, 0.3) is 6.08 Å². The molecule has 0 aromatic carbocycles. The Morgan fingerprint density at radius 3 is 2.70 bits per heavy atom. The highest BCUT2D eigenvalue weighted by atomic mass is 32.1. The van der Waals surface area contributed by atoms with E-state index in [1.165, 1.54) is 22.7 Å². The van der Waals surface area contributed by atoms with E-state index in [-0.39, 0.29) is 12.2 Å². The predicted molar refractivity (Wildman–Crippen MR) is 117 cm³/mol. The number of nitrogens with zero attached hydrogens (tertiary/aromatic N) is 4. The molecule has 0 radical (unpaired) electrons. The third-order valence-corrected chi connectivity index (χ3v) is 7.08. The topological polar surface area (TPSA) is 78.5 Å². The Labute approximate surface area is 181 Å². The molecule has 156 valence electrons. The second kappa shape index (κ2) is 7.81. The summed E-state index contributed by atoms with van der Waals surface area (Å²) in [6.07, 6.45) is 1.87. The first-order chi connectivity index (χ1) is 14.3. The second-order valence-electron chi connectivity index (χ2n) is 7.03. The zero-order chi connectivity index (χ0) is 21.6. The molecular formula is C21H22N4O3S2. The van der Waals surface area contributed by atoms with E-state index in [9.17, 15) is 9.59 Å². The number of aryl methyl sites for hydroxylation is 2. The lowest BCUT2D eigenvalue weighted by atomic mass is 10.0. The molecule has 30 heavy (non-hydrogen) atoms. The number of esters is 1. The van der Waals surface area contributed by atoms with Crippen molar-refractivity contribution in [3.05, 3.63) is 70.3 Å². The van der Waals surface area contributed by atoms with Crippen LogP contribution in [-0.2, 0) is 16.6 Å². The van der Waals surface area contributed by atoms with Gasteiger partial charge in [-0.1, -0.05) is 17.4 Å². The lowest BCUT2D eigenvalue weighted by Crippen LogP contribution is -2.39. The van der Waals surface area contributed by atoms with E-state index in [2.05, 4.69) is 10.1 Å². The van der Waals surface area contributed by atoms with Gasteiger partial charge in [-0.05, 0) is 45.2 Å². The van der Waals surface area contributed by atoms with E-state index in [4.69, 9.17) is 4.74 Å². The van der Waals surface area contributed by atoms with Crippen LogP contribution >= 0.6 is 22.7 Å². The van der Waals surface area contributed by atoms with Gasteiger partial charge in [-0.15, -0.1) is 11.3 Å². The monoisotopic (exact) mass is 442 g/mol. The number of allylic oxidation sites excluding steroid dienone is 1. The Hall–Kier alpha value is -2.78. The predicted octanol–water partition coefficient (Wildman–Crippen LogP) is 2.21. The molecule has 0 fully saturated rings. The molecule has 3 aromatic rings. The SMILES string of the molecule is CCOC(=O)C1=C(C)N=c2s/c(=C/c3c(C)nn(C)c3C)c(=O)n2[C@H]1c1cccs1. The minimum atomic E-state index is -0.543. The van der Waals surface area contributed by atoms with Gasteiger partial charge in [0.2, 0.25) is 0 Å². The van der Waals surface area contributed by atoms with Crippen molar-refractivity contribution in [2.24, 2.45) is 12.0 Å². The van der Waals surface area contributed by atoms with Crippen LogP contribution in [0, 0.1) is 13.8 Å². The number of carbonyl (C=O) groups excluding carboxylic acids is 1. The van der Waals surface area contributed by atoms with Gasteiger partial charge >= 0.3 is 5.97 Å². The van der Waals surface area contributed by atoms with Crippen LogP contribution in [0.1, 0.15) is 41.7 Å². The zero-order valence-corrected chi connectivity index (χ0v) is 19.1. The molecule has 7 nitrogen and oxygen atoms in total. The van der Waals surface area contributed by atoms with Crippen LogP contribution in [0.4, 0.5) is 0 Å². The Morgan fingerprint density at radius 1 is 1.33 bits per heavy atom. The maximum Gasteiger partial charge on any atom is 0.338 e. The van der Waals surface area contributed by atoms with Crippen LogP contribution < -0.4 is 14.9 Å². The number of ether oxygens (including phenoxy) is 1. The number of carbonyl (C=O) groups is 1. The smallest absolute Gasteiger partial charge is 0.338 e. The molecule has 0 aliphatic carbocycles. The Balaban J connectivity index is 1.97. The van der Waals surface area contributed by atoms with Crippen molar-refractivity contribution in [1.29, 1.82) is 0 Å². The summed E-state index contributed by atoms with van der Waals surface area (Å²) in [5.74, 6) is -0.439. The summed E-state index contributed by atoms with van der Waals surface area (Å²) in [7, 11) is 1.88. The van der Waals surface area contributed by atoms with E-state index in [1.807, 2.05) is 44.5 Å². The molecular weight excluding hydrogens is 420 g/mol. The molecule has 1 aliphatic heterocycles. The molecule has 0 saturated carbocycles.